The van der Waals surface area contributed by atoms with Crippen molar-refractivity contribution in [2.24, 2.45) is 23.0 Å². The Kier molecular flexibility index (Phi) is 2.46. The summed E-state index contributed by atoms with van der Waals surface area (Å²) in [6.07, 6.45) is 7.64. The second-order valence-electron chi connectivity index (χ2n) is 5.84. The summed E-state index contributed by atoms with van der Waals surface area (Å²) < 4.78 is 0. The minimum Gasteiger partial charge on any atom is -0.328 e. The highest BCUT2D eigenvalue weighted by atomic mass is 14.6. The standard InChI is InChI=1S/C13H23N/c1-9(14)4-5-10-6-7-11-8-12(10)13(11,2)3/h6,9,11-12H,4-5,7-8,14H2,1-3H3. The molecule has 0 amide bonds. The molecule has 1 heteroatoms. The molecule has 2 bridgehead atoms. The molecule has 2 N–H and O–H groups in total. The molecule has 3 aliphatic rings. The molecule has 0 radical (unpaired) electrons. The summed E-state index contributed by atoms with van der Waals surface area (Å²) in [6, 6.07) is 0.358. The molecule has 0 aromatic heterocycles. The summed E-state index contributed by atoms with van der Waals surface area (Å²) in [4.78, 5) is 0. The Morgan fingerprint density at radius 3 is 2.79 bits per heavy atom. The van der Waals surface area contributed by atoms with Gasteiger partial charge in [-0.3, -0.25) is 0 Å². The summed E-state index contributed by atoms with van der Waals surface area (Å²) in [7, 11) is 0. The van der Waals surface area contributed by atoms with Gasteiger partial charge in [0.1, 0.15) is 0 Å². The van der Waals surface area contributed by atoms with E-state index in [1.165, 1.54) is 19.3 Å². The van der Waals surface area contributed by atoms with E-state index in [1.54, 1.807) is 5.57 Å². The van der Waals surface area contributed by atoms with Gasteiger partial charge in [-0.15, -0.1) is 0 Å². The molecule has 80 valence electrons. The van der Waals surface area contributed by atoms with Gasteiger partial charge >= 0.3 is 0 Å². The van der Waals surface area contributed by atoms with Gasteiger partial charge in [-0.25, -0.2) is 0 Å². The van der Waals surface area contributed by atoms with E-state index in [0.717, 1.165) is 18.3 Å². The van der Waals surface area contributed by atoms with Crippen LogP contribution in [0.5, 0.6) is 0 Å². The van der Waals surface area contributed by atoms with Crippen LogP contribution >= 0.6 is 0 Å². The van der Waals surface area contributed by atoms with E-state index < -0.39 is 0 Å². The Balaban J connectivity index is 1.97. The van der Waals surface area contributed by atoms with Crippen LogP contribution < -0.4 is 5.73 Å². The number of hydrogen-bond donors (Lipinski definition) is 1. The normalized spacial score (nSPS) is 35.9. The molecular formula is C13H23N. The van der Waals surface area contributed by atoms with Gasteiger partial charge in [0, 0.05) is 6.04 Å². The molecule has 3 rings (SSSR count). The zero-order valence-electron chi connectivity index (χ0n) is 9.72. The molecular weight excluding hydrogens is 170 g/mol. The van der Waals surface area contributed by atoms with Gasteiger partial charge in [-0.1, -0.05) is 25.5 Å². The van der Waals surface area contributed by atoms with E-state index >= 15 is 0 Å². The van der Waals surface area contributed by atoms with Crippen molar-refractivity contribution in [3.05, 3.63) is 11.6 Å². The number of fused-ring (bicyclic) bond motifs is 1. The van der Waals surface area contributed by atoms with E-state index in [4.69, 9.17) is 5.73 Å². The fourth-order valence-corrected chi connectivity index (χ4v) is 3.15. The fourth-order valence-electron chi connectivity index (χ4n) is 3.15. The third-order valence-corrected chi connectivity index (χ3v) is 4.47. The van der Waals surface area contributed by atoms with Gasteiger partial charge in [-0.2, -0.15) is 0 Å². The van der Waals surface area contributed by atoms with Crippen LogP contribution in [0.25, 0.3) is 0 Å². The fraction of sp³-hybridized carbons (Fsp3) is 0.846. The van der Waals surface area contributed by atoms with Gasteiger partial charge < -0.3 is 5.73 Å². The lowest BCUT2D eigenvalue weighted by atomic mass is 9.48. The zero-order valence-corrected chi connectivity index (χ0v) is 9.72. The van der Waals surface area contributed by atoms with Crippen LogP contribution in [0.2, 0.25) is 0 Å². The summed E-state index contributed by atoms with van der Waals surface area (Å²) in [6.45, 7) is 6.98. The van der Waals surface area contributed by atoms with Gasteiger partial charge in [0.2, 0.25) is 0 Å². The predicted molar refractivity (Wildman–Crippen MR) is 61.0 cm³/mol. The highest BCUT2D eigenvalue weighted by Crippen LogP contribution is 2.59. The third-order valence-electron chi connectivity index (χ3n) is 4.47. The van der Waals surface area contributed by atoms with Crippen molar-refractivity contribution >= 4 is 0 Å². The molecule has 3 aliphatic carbocycles. The van der Waals surface area contributed by atoms with E-state index in [9.17, 15) is 0 Å². The van der Waals surface area contributed by atoms with Crippen LogP contribution in [-0.4, -0.2) is 6.04 Å². The third kappa shape index (κ3) is 1.52. The first-order chi connectivity index (χ1) is 6.51. The largest absolute Gasteiger partial charge is 0.328 e. The molecule has 1 fully saturated rings. The lowest BCUT2D eigenvalue weighted by Crippen LogP contribution is -2.48. The number of allylic oxidation sites excluding steroid dienone is 2. The van der Waals surface area contributed by atoms with Crippen molar-refractivity contribution in [3.8, 4) is 0 Å². The minimum absolute atomic E-state index is 0.358. The molecule has 3 atom stereocenters. The molecule has 14 heavy (non-hydrogen) atoms. The van der Waals surface area contributed by atoms with Crippen LogP contribution in [0.3, 0.4) is 0 Å². The highest BCUT2D eigenvalue weighted by molar-refractivity contribution is 5.23. The molecule has 0 saturated heterocycles. The van der Waals surface area contributed by atoms with Crippen molar-refractivity contribution in [2.45, 2.75) is 52.5 Å². The van der Waals surface area contributed by atoms with Gasteiger partial charge in [0.05, 0.1) is 0 Å². The van der Waals surface area contributed by atoms with Crippen molar-refractivity contribution in [3.63, 3.8) is 0 Å². The summed E-state index contributed by atoms with van der Waals surface area (Å²) in [5.74, 6) is 1.84. The lowest BCUT2D eigenvalue weighted by molar-refractivity contribution is -0.00845. The van der Waals surface area contributed by atoms with Crippen LogP contribution in [0.4, 0.5) is 0 Å². The van der Waals surface area contributed by atoms with Crippen LogP contribution in [-0.2, 0) is 0 Å². The molecule has 0 aliphatic heterocycles. The van der Waals surface area contributed by atoms with Crippen LogP contribution in [0.15, 0.2) is 11.6 Å². The predicted octanol–water partition coefficient (Wildman–Crippen LogP) is 3.11. The second-order valence-corrected chi connectivity index (χ2v) is 5.84. The Bertz CT molecular complexity index is 250. The Labute approximate surface area is 87.8 Å². The monoisotopic (exact) mass is 193 g/mol. The van der Waals surface area contributed by atoms with E-state index in [2.05, 4.69) is 26.8 Å². The number of rotatable bonds is 3. The van der Waals surface area contributed by atoms with Gasteiger partial charge in [0.25, 0.3) is 0 Å². The van der Waals surface area contributed by atoms with Crippen LogP contribution in [0, 0.1) is 17.3 Å². The highest BCUT2D eigenvalue weighted by Gasteiger charge is 2.50. The Hall–Kier alpha value is -0.300. The molecule has 0 spiro atoms. The maximum Gasteiger partial charge on any atom is 0.00135 e. The molecule has 0 heterocycles. The van der Waals surface area contributed by atoms with Gasteiger partial charge in [-0.05, 0) is 49.9 Å². The van der Waals surface area contributed by atoms with Crippen molar-refractivity contribution in [1.82, 2.24) is 0 Å². The SMILES string of the molecule is CC(N)CCC1=CCC2CC1C2(C)C. The smallest absolute Gasteiger partial charge is 0.00135 e. The Morgan fingerprint density at radius 2 is 2.29 bits per heavy atom. The average molecular weight is 193 g/mol. The molecule has 0 aromatic carbocycles. The van der Waals surface area contributed by atoms with Gasteiger partial charge in [0.15, 0.2) is 0 Å². The quantitative estimate of drug-likeness (QED) is 0.685. The zero-order chi connectivity index (χ0) is 10.3. The average Bonchev–Trinajstić information content (AvgIpc) is 2.14. The van der Waals surface area contributed by atoms with E-state index in [-0.39, 0.29) is 0 Å². The molecule has 3 unspecified atom stereocenters. The Morgan fingerprint density at radius 1 is 1.57 bits per heavy atom. The summed E-state index contributed by atoms with van der Waals surface area (Å²) in [5, 5.41) is 0. The number of hydrogen-bond acceptors (Lipinski definition) is 1. The first-order valence-corrected chi connectivity index (χ1v) is 5.96. The maximum absolute atomic E-state index is 5.81. The van der Waals surface area contributed by atoms with E-state index in [1.807, 2.05) is 0 Å². The van der Waals surface area contributed by atoms with Crippen molar-refractivity contribution in [1.29, 1.82) is 0 Å². The first-order valence-electron chi connectivity index (χ1n) is 5.96. The second kappa shape index (κ2) is 3.37. The number of nitrogens with two attached hydrogens (primary N) is 1. The van der Waals surface area contributed by atoms with Crippen molar-refractivity contribution < 1.29 is 0 Å². The topological polar surface area (TPSA) is 26.0 Å². The molecule has 1 nitrogen and oxygen atoms in total. The lowest BCUT2D eigenvalue weighted by Gasteiger charge is -2.56. The molecule has 0 aromatic rings. The summed E-state index contributed by atoms with van der Waals surface area (Å²) in [5.41, 5.74) is 8.10. The minimum atomic E-state index is 0.358. The van der Waals surface area contributed by atoms with E-state index in [0.29, 0.717) is 11.5 Å². The molecule has 1 saturated carbocycles. The van der Waals surface area contributed by atoms with Crippen molar-refractivity contribution in [2.75, 3.05) is 0 Å². The maximum atomic E-state index is 5.81. The first kappa shape index (κ1) is 10.2. The summed E-state index contributed by atoms with van der Waals surface area (Å²) >= 11 is 0. The van der Waals surface area contributed by atoms with Crippen LogP contribution in [0.1, 0.15) is 46.5 Å².